The molecule has 0 heterocycles. The first-order valence-electron chi connectivity index (χ1n) is 10.2. The molecule has 0 amide bonds. The Morgan fingerprint density at radius 2 is 1.78 bits per heavy atom. The average Bonchev–Trinajstić information content (AvgIpc) is 3.35. The van der Waals surface area contributed by atoms with Crippen molar-refractivity contribution in [2.75, 3.05) is 0 Å². The van der Waals surface area contributed by atoms with E-state index in [4.69, 9.17) is 4.99 Å². The lowest BCUT2D eigenvalue weighted by molar-refractivity contribution is 0.196. The molecule has 0 radical (unpaired) electrons. The maximum atomic E-state index is 9.34. The molecule has 2 saturated carbocycles. The summed E-state index contributed by atoms with van der Waals surface area (Å²) in [4.78, 5) is 5.00. The summed E-state index contributed by atoms with van der Waals surface area (Å²) in [6.07, 6.45) is 12.9. The van der Waals surface area contributed by atoms with Crippen molar-refractivity contribution in [1.82, 2.24) is 10.8 Å². The highest BCUT2D eigenvalue weighted by molar-refractivity contribution is 5.84. The molecule has 1 unspecified atom stereocenters. The van der Waals surface area contributed by atoms with Crippen LogP contribution in [-0.4, -0.2) is 17.1 Å². The highest BCUT2D eigenvalue weighted by atomic mass is 16.5. The van der Waals surface area contributed by atoms with Crippen molar-refractivity contribution in [2.24, 2.45) is 10.9 Å². The van der Waals surface area contributed by atoms with Crippen molar-refractivity contribution in [3.63, 3.8) is 0 Å². The van der Waals surface area contributed by atoms with Crippen LogP contribution in [0.2, 0.25) is 0 Å². The summed E-state index contributed by atoms with van der Waals surface area (Å²) in [5, 5.41) is 13.4. The van der Waals surface area contributed by atoms with Crippen LogP contribution in [0.3, 0.4) is 0 Å². The van der Waals surface area contributed by atoms with Gasteiger partial charge in [-0.1, -0.05) is 68.7 Å². The number of hydroxylamine groups is 1. The lowest BCUT2D eigenvalue weighted by Crippen LogP contribution is -2.50. The largest absolute Gasteiger partial charge is 0.291 e. The molecule has 3 N–H and O–H groups in total. The van der Waals surface area contributed by atoms with Gasteiger partial charge in [-0.2, -0.15) is 0 Å². The number of aliphatic imine (C=N–C) groups is 1. The Morgan fingerprint density at radius 1 is 1.11 bits per heavy atom. The molecule has 0 spiro atoms. The van der Waals surface area contributed by atoms with Crippen LogP contribution in [0.4, 0.5) is 0 Å². The molecule has 2 atom stereocenters. The molecule has 146 valence electrons. The summed E-state index contributed by atoms with van der Waals surface area (Å²) in [7, 11) is 0. The van der Waals surface area contributed by atoms with Crippen molar-refractivity contribution in [2.45, 2.75) is 70.5 Å². The van der Waals surface area contributed by atoms with E-state index >= 15 is 0 Å². The van der Waals surface area contributed by atoms with Crippen LogP contribution >= 0.6 is 0 Å². The molecule has 2 aliphatic carbocycles. The molecule has 2 aliphatic rings. The molecule has 0 saturated heterocycles. The maximum Gasteiger partial charge on any atom is 0.114 e. The fourth-order valence-corrected chi connectivity index (χ4v) is 4.39. The summed E-state index contributed by atoms with van der Waals surface area (Å²) in [6.45, 7) is 6.13. The van der Waals surface area contributed by atoms with Gasteiger partial charge in [0.05, 0.1) is 5.70 Å². The summed E-state index contributed by atoms with van der Waals surface area (Å²) in [6, 6.07) is 10.9. The predicted molar refractivity (Wildman–Crippen MR) is 112 cm³/mol. The van der Waals surface area contributed by atoms with E-state index in [-0.39, 0.29) is 11.2 Å². The van der Waals surface area contributed by atoms with Crippen molar-refractivity contribution in [3.05, 3.63) is 59.3 Å². The molecular formula is C23H33N3O. The Bertz CT molecular complexity index is 716. The molecule has 1 aromatic rings. The first-order valence-corrected chi connectivity index (χ1v) is 10.2. The van der Waals surface area contributed by atoms with Crippen LogP contribution in [0.15, 0.2) is 58.7 Å². The molecule has 0 aliphatic heterocycles. The fourth-order valence-electron chi connectivity index (χ4n) is 4.39. The summed E-state index contributed by atoms with van der Waals surface area (Å²) >= 11 is 0. The Kier molecular flexibility index (Phi) is 6.18. The Hall–Kier alpha value is -1.91. The van der Waals surface area contributed by atoms with Crippen LogP contribution in [0.5, 0.6) is 0 Å². The third kappa shape index (κ3) is 4.17. The summed E-state index contributed by atoms with van der Waals surface area (Å²) < 4.78 is 0. The highest BCUT2D eigenvalue weighted by Gasteiger charge is 2.55. The monoisotopic (exact) mass is 367 g/mol. The van der Waals surface area contributed by atoms with Gasteiger partial charge in [-0.25, -0.2) is 0 Å². The van der Waals surface area contributed by atoms with Gasteiger partial charge < -0.3 is 0 Å². The second kappa shape index (κ2) is 8.41. The van der Waals surface area contributed by atoms with Crippen molar-refractivity contribution < 1.29 is 5.21 Å². The van der Waals surface area contributed by atoms with E-state index < -0.39 is 0 Å². The number of allylic oxidation sites excluding steroid dienone is 3. The lowest BCUT2D eigenvalue weighted by Gasteiger charge is -2.41. The second-order valence-electron chi connectivity index (χ2n) is 7.98. The second-order valence-corrected chi connectivity index (χ2v) is 7.98. The Morgan fingerprint density at radius 3 is 2.30 bits per heavy atom. The molecule has 3 rings (SSSR count). The molecule has 0 aromatic heterocycles. The molecule has 4 heteroatoms. The van der Waals surface area contributed by atoms with Crippen LogP contribution in [0.25, 0.3) is 0 Å². The zero-order chi connectivity index (χ0) is 19.3. The van der Waals surface area contributed by atoms with Crippen molar-refractivity contribution >= 4 is 6.21 Å². The van der Waals surface area contributed by atoms with Crippen LogP contribution in [-0.2, 0) is 5.54 Å². The minimum atomic E-state index is -0.213. The van der Waals surface area contributed by atoms with Crippen LogP contribution in [0.1, 0.15) is 64.9 Å². The molecule has 2 fully saturated rings. The minimum absolute atomic E-state index is 0.0103. The van der Waals surface area contributed by atoms with Gasteiger partial charge in [0.1, 0.15) is 5.66 Å². The number of nitrogens with one attached hydrogen (secondary N) is 2. The van der Waals surface area contributed by atoms with Gasteiger partial charge >= 0.3 is 0 Å². The van der Waals surface area contributed by atoms with Gasteiger partial charge in [0, 0.05) is 17.3 Å². The zero-order valence-electron chi connectivity index (χ0n) is 16.8. The van der Waals surface area contributed by atoms with E-state index in [2.05, 4.69) is 48.1 Å². The quantitative estimate of drug-likeness (QED) is 0.358. The predicted octanol–water partition coefficient (Wildman–Crippen LogP) is 5.07. The zero-order valence-corrected chi connectivity index (χ0v) is 16.8. The van der Waals surface area contributed by atoms with Crippen LogP contribution < -0.4 is 10.8 Å². The van der Waals surface area contributed by atoms with Gasteiger partial charge in [-0.05, 0) is 44.6 Å². The highest BCUT2D eigenvalue weighted by Crippen LogP contribution is 2.49. The van der Waals surface area contributed by atoms with Gasteiger partial charge in [-0.3, -0.25) is 21.0 Å². The van der Waals surface area contributed by atoms with Crippen molar-refractivity contribution in [3.8, 4) is 0 Å². The van der Waals surface area contributed by atoms with E-state index in [1.54, 1.807) is 0 Å². The summed E-state index contributed by atoms with van der Waals surface area (Å²) in [5.41, 5.74) is 5.03. The molecule has 27 heavy (non-hydrogen) atoms. The van der Waals surface area contributed by atoms with Gasteiger partial charge in [0.25, 0.3) is 0 Å². The van der Waals surface area contributed by atoms with Crippen LogP contribution in [0, 0.1) is 5.92 Å². The third-order valence-electron chi connectivity index (χ3n) is 6.23. The minimum Gasteiger partial charge on any atom is -0.291 e. The fraction of sp³-hybridized carbons (Fsp3) is 0.522. The number of benzene rings is 1. The van der Waals surface area contributed by atoms with Crippen molar-refractivity contribution in [1.29, 1.82) is 0 Å². The van der Waals surface area contributed by atoms with E-state index in [1.807, 2.05) is 32.2 Å². The van der Waals surface area contributed by atoms with E-state index in [0.717, 1.165) is 24.8 Å². The first-order chi connectivity index (χ1) is 13.1. The molecular weight excluding hydrogens is 334 g/mol. The first kappa shape index (κ1) is 19.8. The number of nitrogens with zero attached hydrogens (tertiary/aromatic N) is 1. The maximum absolute atomic E-state index is 9.34. The Labute approximate surface area is 163 Å². The average molecular weight is 368 g/mol. The van der Waals surface area contributed by atoms with E-state index in [0.29, 0.717) is 11.6 Å². The third-order valence-corrected chi connectivity index (χ3v) is 6.23. The number of hydrogen-bond donors (Lipinski definition) is 3. The molecule has 1 aromatic carbocycles. The normalized spacial score (nSPS) is 28.4. The van der Waals surface area contributed by atoms with E-state index in [9.17, 15) is 5.21 Å². The van der Waals surface area contributed by atoms with Gasteiger partial charge in [-0.15, -0.1) is 0 Å². The van der Waals surface area contributed by atoms with Gasteiger partial charge in [0.2, 0.25) is 0 Å². The SMILES string of the molecule is CC=C(NO)/C(C=N[C@]1(NC2(c3ccccc3)CCCCC2)CC1C)=C/C. The standard InChI is InChI=1S/C23H33N3O/c1-4-19(21(5-2)25-27)17-24-23(16-18(23)3)26-22(14-10-7-11-15-22)20-12-8-6-9-13-20/h4-6,8-9,12-13,17-18,25-27H,7,10-11,14-16H2,1-3H3/b19-4+,21-5?,24-17?/t18?,23-/m0/s1. The smallest absolute Gasteiger partial charge is 0.114 e. The topological polar surface area (TPSA) is 56.6 Å². The lowest BCUT2D eigenvalue weighted by atomic mass is 9.76. The summed E-state index contributed by atoms with van der Waals surface area (Å²) in [5.74, 6) is 0.505. The molecule has 0 bridgehead atoms. The van der Waals surface area contributed by atoms with Gasteiger partial charge in [0.15, 0.2) is 0 Å². The number of rotatable bonds is 7. The number of hydrogen-bond acceptors (Lipinski definition) is 4. The Balaban J connectivity index is 1.87. The van der Waals surface area contributed by atoms with E-state index in [1.165, 1.54) is 24.8 Å². The molecule has 4 nitrogen and oxygen atoms in total.